The number of anilines is 1. The first kappa shape index (κ1) is 24.2. The van der Waals surface area contributed by atoms with Crippen molar-refractivity contribution in [1.29, 1.82) is 5.41 Å². The number of nitrogens with zero attached hydrogens (tertiary/aromatic N) is 3. The first-order chi connectivity index (χ1) is 16.9. The second-order valence-electron chi connectivity index (χ2n) is 7.74. The number of hydrogen-bond donors (Lipinski definition) is 2. The van der Waals surface area contributed by atoms with Crippen LogP contribution in [0, 0.1) is 5.41 Å². The fourth-order valence-corrected chi connectivity index (χ4v) is 4.32. The molecular formula is C25H25N5O4S. The van der Waals surface area contributed by atoms with Gasteiger partial charge in [0.2, 0.25) is 11.1 Å². The lowest BCUT2D eigenvalue weighted by Crippen LogP contribution is -2.35. The van der Waals surface area contributed by atoms with Crippen LogP contribution in [-0.4, -0.2) is 46.1 Å². The normalized spacial score (nSPS) is 16.1. The van der Waals surface area contributed by atoms with E-state index in [4.69, 9.17) is 14.9 Å². The fourth-order valence-electron chi connectivity index (χ4n) is 3.33. The molecule has 2 amide bonds. The third-order valence-electron chi connectivity index (χ3n) is 4.95. The maximum absolute atomic E-state index is 12.5. The molecule has 0 radical (unpaired) electrons. The van der Waals surface area contributed by atoms with Crippen molar-refractivity contribution in [3.8, 4) is 11.5 Å². The van der Waals surface area contributed by atoms with Crippen molar-refractivity contribution >= 4 is 51.4 Å². The second-order valence-corrected chi connectivity index (χ2v) is 8.78. The van der Waals surface area contributed by atoms with Crippen LogP contribution in [-0.2, 0) is 9.59 Å². The molecule has 0 aromatic heterocycles. The molecule has 0 saturated carbocycles. The summed E-state index contributed by atoms with van der Waals surface area (Å²) in [6.07, 6.45) is 3.36. The number of hydrogen-bond acceptors (Lipinski definition) is 7. The van der Waals surface area contributed by atoms with Gasteiger partial charge in [-0.25, -0.2) is 0 Å². The van der Waals surface area contributed by atoms with Crippen molar-refractivity contribution < 1.29 is 19.1 Å². The summed E-state index contributed by atoms with van der Waals surface area (Å²) in [5.41, 5.74) is 1.66. The van der Waals surface area contributed by atoms with E-state index in [1.165, 1.54) is 23.7 Å². The number of hydrazone groups is 1. The second kappa shape index (κ2) is 11.0. The number of carbonyl (C=O) groups is 2. The van der Waals surface area contributed by atoms with E-state index in [9.17, 15) is 9.59 Å². The molecule has 2 aliphatic rings. The molecule has 2 aliphatic heterocycles. The summed E-state index contributed by atoms with van der Waals surface area (Å²) < 4.78 is 11.4. The average Bonchev–Trinajstić information content (AvgIpc) is 3.24. The van der Waals surface area contributed by atoms with Gasteiger partial charge >= 0.3 is 0 Å². The molecule has 9 nitrogen and oxygen atoms in total. The highest BCUT2D eigenvalue weighted by Gasteiger charge is 2.35. The van der Waals surface area contributed by atoms with Crippen molar-refractivity contribution in [2.75, 3.05) is 18.5 Å². The van der Waals surface area contributed by atoms with Gasteiger partial charge in [0.25, 0.3) is 5.91 Å². The van der Waals surface area contributed by atoms with E-state index in [-0.39, 0.29) is 17.3 Å². The highest BCUT2D eigenvalue weighted by molar-refractivity contribution is 8.26. The number of thioether (sulfide) groups is 1. The van der Waals surface area contributed by atoms with Gasteiger partial charge in [-0.3, -0.25) is 15.0 Å². The summed E-state index contributed by atoms with van der Waals surface area (Å²) in [6.45, 7) is 4.21. The first-order valence-electron chi connectivity index (χ1n) is 11.2. The van der Waals surface area contributed by atoms with Gasteiger partial charge in [0.1, 0.15) is 29.8 Å². The van der Waals surface area contributed by atoms with E-state index in [0.717, 1.165) is 23.4 Å². The van der Waals surface area contributed by atoms with Gasteiger partial charge in [-0.05, 0) is 72.6 Å². The van der Waals surface area contributed by atoms with Crippen molar-refractivity contribution in [2.24, 2.45) is 10.1 Å². The van der Waals surface area contributed by atoms with Gasteiger partial charge in [-0.2, -0.15) is 15.1 Å². The molecular weight excluding hydrogens is 466 g/mol. The number of carbonyl (C=O) groups excluding carboxylic acids is 2. The summed E-state index contributed by atoms with van der Waals surface area (Å²) in [5, 5.41) is 18.3. The molecule has 10 heteroatoms. The Kier molecular flexibility index (Phi) is 7.61. The minimum Gasteiger partial charge on any atom is -0.490 e. The zero-order chi connectivity index (χ0) is 24.8. The molecule has 0 aliphatic carbocycles. The third kappa shape index (κ3) is 6.15. The molecule has 0 atom stereocenters. The van der Waals surface area contributed by atoms with Gasteiger partial charge in [0.15, 0.2) is 5.84 Å². The Morgan fingerprint density at radius 2 is 1.71 bits per heavy atom. The molecule has 180 valence electrons. The van der Waals surface area contributed by atoms with Gasteiger partial charge < -0.3 is 14.8 Å². The van der Waals surface area contributed by atoms with Crippen molar-refractivity contribution in [3.05, 3.63) is 59.7 Å². The smallest absolute Gasteiger partial charge is 0.283 e. The van der Waals surface area contributed by atoms with Crippen molar-refractivity contribution in [1.82, 2.24) is 5.01 Å². The standard InChI is InChI=1S/C25H25N5O4S/c1-3-4-22-29-30-23(26)21(24(32)28-25(30)35-22)15-17-5-9-19(10-6-17)33-13-14-34-20-11-7-18(8-12-20)27-16(2)31/h5-12,15,26H,3-4,13-14H2,1-2H3,(H,27,31)/b21-15+,26-23?. The topological polar surface area (TPSA) is 116 Å². The molecule has 4 rings (SSSR count). The Balaban J connectivity index is 1.30. The average molecular weight is 492 g/mol. The largest absolute Gasteiger partial charge is 0.490 e. The number of nitrogens with one attached hydrogen (secondary N) is 2. The molecule has 0 spiro atoms. The molecule has 0 unspecified atom stereocenters. The van der Waals surface area contributed by atoms with Crippen LogP contribution in [0.25, 0.3) is 6.08 Å². The van der Waals surface area contributed by atoms with Crippen LogP contribution in [0.5, 0.6) is 11.5 Å². The molecule has 0 saturated heterocycles. The number of benzene rings is 2. The monoisotopic (exact) mass is 491 g/mol. The number of aliphatic imine (C=N–C) groups is 1. The van der Waals surface area contributed by atoms with E-state index in [1.54, 1.807) is 42.5 Å². The number of fused-ring (bicyclic) bond motifs is 1. The maximum Gasteiger partial charge on any atom is 0.283 e. The zero-order valence-corrected chi connectivity index (χ0v) is 20.2. The predicted molar refractivity (Wildman–Crippen MR) is 138 cm³/mol. The van der Waals surface area contributed by atoms with Gasteiger partial charge in [0.05, 0.1) is 5.57 Å². The molecule has 2 N–H and O–H groups in total. The van der Waals surface area contributed by atoms with Gasteiger partial charge in [-0.15, -0.1) is 0 Å². The summed E-state index contributed by atoms with van der Waals surface area (Å²) in [5.74, 6) is 0.802. The Morgan fingerprint density at radius 1 is 1.09 bits per heavy atom. The number of ether oxygens (including phenoxy) is 2. The quantitative estimate of drug-likeness (QED) is 0.393. The van der Waals surface area contributed by atoms with E-state index in [0.29, 0.717) is 35.6 Å². The first-order valence-corrected chi connectivity index (χ1v) is 12.0. The Labute approximate surface area is 207 Å². The molecule has 35 heavy (non-hydrogen) atoms. The van der Waals surface area contributed by atoms with Crippen LogP contribution in [0.2, 0.25) is 0 Å². The van der Waals surface area contributed by atoms with E-state index in [2.05, 4.69) is 22.3 Å². The van der Waals surface area contributed by atoms with Crippen molar-refractivity contribution in [3.63, 3.8) is 0 Å². The highest BCUT2D eigenvalue weighted by Crippen LogP contribution is 2.30. The van der Waals surface area contributed by atoms with Crippen LogP contribution < -0.4 is 14.8 Å². The van der Waals surface area contributed by atoms with E-state index in [1.807, 2.05) is 12.1 Å². The van der Waals surface area contributed by atoms with Crippen LogP contribution >= 0.6 is 11.8 Å². The molecule has 0 bridgehead atoms. The SMILES string of the molecule is CCCC1=NN2C(=N)/C(=C\c3ccc(OCCOc4ccc(NC(C)=O)cc4)cc3)C(=O)N=C2S1. The predicted octanol–water partition coefficient (Wildman–Crippen LogP) is 4.52. The van der Waals surface area contributed by atoms with E-state index >= 15 is 0 Å². The molecule has 2 heterocycles. The van der Waals surface area contributed by atoms with E-state index < -0.39 is 5.91 Å². The number of amides is 2. The lowest BCUT2D eigenvalue weighted by Gasteiger charge is -2.20. The lowest BCUT2D eigenvalue weighted by atomic mass is 10.1. The molecule has 0 fully saturated rings. The molecule has 2 aromatic rings. The maximum atomic E-state index is 12.5. The molecule has 2 aromatic carbocycles. The van der Waals surface area contributed by atoms with Crippen LogP contribution in [0.1, 0.15) is 32.3 Å². The minimum atomic E-state index is -0.440. The summed E-state index contributed by atoms with van der Waals surface area (Å²) >= 11 is 1.34. The fraction of sp³-hybridized carbons (Fsp3) is 0.240. The Bertz CT molecular complexity index is 1220. The van der Waals surface area contributed by atoms with Crippen LogP contribution in [0.4, 0.5) is 5.69 Å². The Hall–Kier alpha value is -3.92. The van der Waals surface area contributed by atoms with Crippen molar-refractivity contribution in [2.45, 2.75) is 26.7 Å². The Morgan fingerprint density at radius 3 is 2.31 bits per heavy atom. The van der Waals surface area contributed by atoms with Crippen LogP contribution in [0.3, 0.4) is 0 Å². The zero-order valence-electron chi connectivity index (χ0n) is 19.4. The van der Waals surface area contributed by atoms with Gasteiger partial charge in [0, 0.05) is 12.6 Å². The summed E-state index contributed by atoms with van der Waals surface area (Å²) in [4.78, 5) is 27.7. The lowest BCUT2D eigenvalue weighted by molar-refractivity contribution is -0.115. The minimum absolute atomic E-state index is 0.0289. The highest BCUT2D eigenvalue weighted by atomic mass is 32.2. The van der Waals surface area contributed by atoms with Gasteiger partial charge in [-0.1, -0.05) is 19.1 Å². The number of rotatable bonds is 9. The van der Waals surface area contributed by atoms with Crippen LogP contribution in [0.15, 0.2) is 64.2 Å². The number of amidine groups is 2. The summed E-state index contributed by atoms with van der Waals surface area (Å²) in [7, 11) is 0. The third-order valence-corrected chi connectivity index (χ3v) is 5.91. The summed E-state index contributed by atoms with van der Waals surface area (Å²) in [6, 6.07) is 14.3.